The summed E-state index contributed by atoms with van der Waals surface area (Å²) in [6.45, 7) is -0.106. The molecule has 0 aliphatic heterocycles. The number of rotatable bonds is 5. The Hall–Kier alpha value is -1.21. The molecule has 2 aromatic carbocycles. The van der Waals surface area contributed by atoms with Gasteiger partial charge in [0.15, 0.2) is 0 Å². The molecular weight excluding hydrogens is 342 g/mol. The lowest BCUT2D eigenvalue weighted by atomic mass is 10.2. The van der Waals surface area contributed by atoms with E-state index in [4.69, 9.17) is 0 Å². The van der Waals surface area contributed by atoms with Crippen LogP contribution in [0, 0.1) is 0 Å². The molecule has 2 N–H and O–H groups in total. The largest absolute Gasteiger partial charge is 0.392 e. The highest BCUT2D eigenvalue weighted by molar-refractivity contribution is 9.10. The molecule has 0 radical (unpaired) electrons. The molecule has 0 saturated carbocycles. The van der Waals surface area contributed by atoms with Gasteiger partial charge in [0, 0.05) is 11.0 Å². The van der Waals surface area contributed by atoms with E-state index < -0.39 is 10.0 Å². The Morgan fingerprint density at radius 1 is 1.05 bits per heavy atom. The molecule has 0 aliphatic carbocycles. The zero-order valence-corrected chi connectivity index (χ0v) is 13.0. The van der Waals surface area contributed by atoms with Crippen LogP contribution in [0.25, 0.3) is 0 Å². The van der Waals surface area contributed by atoms with Crippen molar-refractivity contribution in [3.8, 4) is 0 Å². The number of aliphatic hydroxyl groups excluding tert-OH is 1. The number of nitrogens with one attached hydrogen (secondary N) is 1. The average molecular weight is 356 g/mol. The predicted molar refractivity (Wildman–Crippen MR) is 80.5 cm³/mol. The van der Waals surface area contributed by atoms with Crippen LogP contribution < -0.4 is 4.72 Å². The van der Waals surface area contributed by atoms with Gasteiger partial charge in [-0.15, -0.1) is 0 Å². The summed E-state index contributed by atoms with van der Waals surface area (Å²) in [6, 6.07) is 13.8. The lowest BCUT2D eigenvalue weighted by Crippen LogP contribution is -2.24. The molecule has 6 heteroatoms. The number of halogens is 1. The Labute approximate surface area is 126 Å². The topological polar surface area (TPSA) is 66.4 Å². The standard InChI is InChI=1S/C14H14BrNO3S/c15-13-7-5-11(6-8-13)9-16-20(18,19)14-4-2-1-3-12(14)10-17/h1-8,16-17H,9-10H2. The van der Waals surface area contributed by atoms with Gasteiger partial charge in [-0.2, -0.15) is 0 Å². The van der Waals surface area contributed by atoms with Gasteiger partial charge < -0.3 is 5.11 Å². The third-order valence-corrected chi connectivity index (χ3v) is 4.84. The zero-order chi connectivity index (χ0) is 14.6. The van der Waals surface area contributed by atoms with Crippen molar-refractivity contribution in [1.82, 2.24) is 4.72 Å². The summed E-state index contributed by atoms with van der Waals surface area (Å²) in [5, 5.41) is 9.20. The van der Waals surface area contributed by atoms with Crippen molar-refractivity contribution < 1.29 is 13.5 Å². The molecule has 0 aliphatic rings. The Balaban J connectivity index is 2.17. The van der Waals surface area contributed by atoms with Gasteiger partial charge in [-0.05, 0) is 29.3 Å². The minimum absolute atomic E-state index is 0.111. The molecule has 106 valence electrons. The lowest BCUT2D eigenvalue weighted by molar-refractivity contribution is 0.278. The van der Waals surface area contributed by atoms with Crippen LogP contribution >= 0.6 is 15.9 Å². The Kier molecular flexibility index (Phi) is 4.93. The van der Waals surface area contributed by atoms with Gasteiger partial charge in [0.05, 0.1) is 11.5 Å². The minimum atomic E-state index is -3.63. The molecule has 0 bridgehead atoms. The Morgan fingerprint density at radius 3 is 2.35 bits per heavy atom. The highest BCUT2D eigenvalue weighted by Crippen LogP contribution is 2.16. The van der Waals surface area contributed by atoms with Crippen LogP contribution in [0.2, 0.25) is 0 Å². The SMILES string of the molecule is O=S(=O)(NCc1ccc(Br)cc1)c1ccccc1CO. The maximum atomic E-state index is 12.2. The summed E-state index contributed by atoms with van der Waals surface area (Å²) in [7, 11) is -3.63. The second kappa shape index (κ2) is 6.49. The average Bonchev–Trinajstić information content (AvgIpc) is 2.46. The first-order chi connectivity index (χ1) is 9.53. The molecule has 0 atom stereocenters. The second-order valence-corrected chi connectivity index (χ2v) is 6.87. The van der Waals surface area contributed by atoms with Gasteiger partial charge >= 0.3 is 0 Å². The summed E-state index contributed by atoms with van der Waals surface area (Å²) in [5.74, 6) is 0. The fourth-order valence-electron chi connectivity index (χ4n) is 1.75. The highest BCUT2D eigenvalue weighted by Gasteiger charge is 2.17. The van der Waals surface area contributed by atoms with Crippen LogP contribution in [-0.4, -0.2) is 13.5 Å². The second-order valence-electron chi connectivity index (χ2n) is 4.22. The molecule has 0 aromatic heterocycles. The van der Waals surface area contributed by atoms with Gasteiger partial charge in [0.25, 0.3) is 0 Å². The van der Waals surface area contributed by atoms with Crippen molar-refractivity contribution in [3.63, 3.8) is 0 Å². The molecule has 0 spiro atoms. The fourth-order valence-corrected chi connectivity index (χ4v) is 3.27. The highest BCUT2D eigenvalue weighted by atomic mass is 79.9. The molecule has 20 heavy (non-hydrogen) atoms. The van der Waals surface area contributed by atoms with E-state index >= 15 is 0 Å². The number of aliphatic hydroxyl groups is 1. The van der Waals surface area contributed by atoms with Crippen molar-refractivity contribution in [2.75, 3.05) is 0 Å². The lowest BCUT2D eigenvalue weighted by Gasteiger charge is -2.10. The first-order valence-electron chi connectivity index (χ1n) is 5.96. The van der Waals surface area contributed by atoms with E-state index in [-0.39, 0.29) is 18.0 Å². The third-order valence-electron chi connectivity index (χ3n) is 2.81. The van der Waals surface area contributed by atoms with Crippen molar-refractivity contribution in [2.24, 2.45) is 0 Å². The molecular formula is C14H14BrNO3S. The number of hydrogen-bond donors (Lipinski definition) is 2. The van der Waals surface area contributed by atoms with Crippen LogP contribution in [0.15, 0.2) is 57.9 Å². The molecule has 0 unspecified atom stereocenters. The monoisotopic (exact) mass is 355 g/mol. The van der Waals surface area contributed by atoms with E-state index in [1.54, 1.807) is 18.2 Å². The smallest absolute Gasteiger partial charge is 0.241 e. The van der Waals surface area contributed by atoms with Crippen LogP contribution in [-0.2, 0) is 23.2 Å². The van der Waals surface area contributed by atoms with Crippen molar-refractivity contribution >= 4 is 26.0 Å². The van der Waals surface area contributed by atoms with Crippen LogP contribution in [0.4, 0.5) is 0 Å². The molecule has 0 heterocycles. The summed E-state index contributed by atoms with van der Waals surface area (Å²) < 4.78 is 27.9. The van der Waals surface area contributed by atoms with E-state index in [0.717, 1.165) is 10.0 Å². The van der Waals surface area contributed by atoms with Gasteiger partial charge in [-0.1, -0.05) is 46.3 Å². The first-order valence-corrected chi connectivity index (χ1v) is 8.23. The van der Waals surface area contributed by atoms with Gasteiger partial charge in [-0.25, -0.2) is 13.1 Å². The summed E-state index contributed by atoms with van der Waals surface area (Å²) in [6.07, 6.45) is 0. The van der Waals surface area contributed by atoms with Gasteiger partial charge in [0.2, 0.25) is 10.0 Å². The molecule has 2 aromatic rings. The molecule has 4 nitrogen and oxygen atoms in total. The molecule has 0 fully saturated rings. The molecule has 0 amide bonds. The van der Waals surface area contributed by atoms with Gasteiger partial charge in [0.1, 0.15) is 0 Å². The molecule has 2 rings (SSSR count). The van der Waals surface area contributed by atoms with Crippen molar-refractivity contribution in [1.29, 1.82) is 0 Å². The molecule has 0 saturated heterocycles. The fraction of sp³-hybridized carbons (Fsp3) is 0.143. The maximum absolute atomic E-state index is 12.2. The van der Waals surface area contributed by atoms with Crippen molar-refractivity contribution in [2.45, 2.75) is 18.0 Å². The minimum Gasteiger partial charge on any atom is -0.392 e. The number of sulfonamides is 1. The van der Waals surface area contributed by atoms with E-state index in [0.29, 0.717) is 5.56 Å². The van der Waals surface area contributed by atoms with Crippen molar-refractivity contribution in [3.05, 3.63) is 64.1 Å². The van der Waals surface area contributed by atoms with E-state index in [2.05, 4.69) is 20.7 Å². The summed E-state index contributed by atoms with van der Waals surface area (Å²) in [5.41, 5.74) is 1.24. The first kappa shape index (κ1) is 15.2. The van der Waals surface area contributed by atoms with Gasteiger partial charge in [-0.3, -0.25) is 0 Å². The Morgan fingerprint density at radius 2 is 1.70 bits per heavy atom. The number of benzene rings is 2. The van der Waals surface area contributed by atoms with E-state index in [1.807, 2.05) is 24.3 Å². The Bertz CT molecular complexity index is 684. The van der Waals surface area contributed by atoms with E-state index in [9.17, 15) is 13.5 Å². The third kappa shape index (κ3) is 3.67. The van der Waals surface area contributed by atoms with Crippen LogP contribution in [0.1, 0.15) is 11.1 Å². The maximum Gasteiger partial charge on any atom is 0.241 e. The summed E-state index contributed by atoms with van der Waals surface area (Å²) in [4.78, 5) is 0.111. The quantitative estimate of drug-likeness (QED) is 0.865. The van der Waals surface area contributed by atoms with Crippen LogP contribution in [0.3, 0.4) is 0 Å². The predicted octanol–water partition coefficient (Wildman–Crippen LogP) is 2.42. The summed E-state index contributed by atoms with van der Waals surface area (Å²) >= 11 is 3.33. The normalized spacial score (nSPS) is 11.5. The van der Waals surface area contributed by atoms with Crippen LogP contribution in [0.5, 0.6) is 0 Å². The number of hydrogen-bond acceptors (Lipinski definition) is 3. The zero-order valence-electron chi connectivity index (χ0n) is 10.6. The van der Waals surface area contributed by atoms with E-state index in [1.165, 1.54) is 6.07 Å².